The second-order valence-electron chi connectivity index (χ2n) is 5.85. The minimum Gasteiger partial charge on any atom is -0.316 e. The Hall–Kier alpha value is -0.0800. The molecule has 0 unspecified atom stereocenters. The highest BCUT2D eigenvalue weighted by atomic mass is 15.1. The Kier molecular flexibility index (Phi) is 2.98. The van der Waals surface area contributed by atoms with Crippen molar-refractivity contribution in [1.82, 2.24) is 10.2 Å². The number of nitrogens with zero attached hydrogens (tertiary/aromatic N) is 1. The normalized spacial score (nSPS) is 45.6. The highest BCUT2D eigenvalue weighted by Crippen LogP contribution is 2.36. The zero-order chi connectivity index (χ0) is 10.1. The molecule has 4 heterocycles. The summed E-state index contributed by atoms with van der Waals surface area (Å²) >= 11 is 0. The minimum atomic E-state index is 0.990. The average Bonchev–Trinajstić information content (AvgIpc) is 2.32. The second-order valence-corrected chi connectivity index (χ2v) is 5.85. The Labute approximate surface area is 93.4 Å². The van der Waals surface area contributed by atoms with E-state index in [2.05, 4.69) is 10.2 Å². The number of fused-ring (bicyclic) bond motifs is 3. The Morgan fingerprint density at radius 2 is 2.00 bits per heavy atom. The van der Waals surface area contributed by atoms with Crippen molar-refractivity contribution in [3.63, 3.8) is 0 Å². The standard InChI is InChI=1S/C13H24N2/c1-2-11(9-14-5-1)8-13-10-15-6-3-12(13)4-7-15/h11-14H,1-10H2/t11-,13+/m0/s1. The molecule has 2 nitrogen and oxygen atoms in total. The molecule has 0 aromatic carbocycles. The van der Waals surface area contributed by atoms with Crippen molar-refractivity contribution >= 4 is 0 Å². The van der Waals surface area contributed by atoms with Crippen molar-refractivity contribution in [3.8, 4) is 0 Å². The van der Waals surface area contributed by atoms with Crippen LogP contribution in [-0.4, -0.2) is 37.6 Å². The monoisotopic (exact) mass is 208 g/mol. The molecule has 0 radical (unpaired) electrons. The molecule has 2 atom stereocenters. The maximum absolute atomic E-state index is 3.55. The van der Waals surface area contributed by atoms with E-state index < -0.39 is 0 Å². The highest BCUT2D eigenvalue weighted by Gasteiger charge is 2.35. The summed E-state index contributed by atoms with van der Waals surface area (Å²) in [6, 6.07) is 0. The first kappa shape index (κ1) is 10.1. The van der Waals surface area contributed by atoms with Crippen LogP contribution in [0.25, 0.3) is 0 Å². The molecule has 0 saturated carbocycles. The van der Waals surface area contributed by atoms with Crippen LogP contribution in [0.3, 0.4) is 0 Å². The highest BCUT2D eigenvalue weighted by molar-refractivity contribution is 4.88. The number of hydrogen-bond acceptors (Lipinski definition) is 2. The fraction of sp³-hybridized carbons (Fsp3) is 1.00. The lowest BCUT2D eigenvalue weighted by Gasteiger charge is -2.46. The summed E-state index contributed by atoms with van der Waals surface area (Å²) in [7, 11) is 0. The van der Waals surface area contributed by atoms with E-state index in [1.807, 2.05) is 0 Å². The summed E-state index contributed by atoms with van der Waals surface area (Å²) in [5.41, 5.74) is 0. The second kappa shape index (κ2) is 4.42. The number of hydrogen-bond donors (Lipinski definition) is 1. The summed E-state index contributed by atoms with van der Waals surface area (Å²) in [5.74, 6) is 3.11. The predicted molar refractivity (Wildman–Crippen MR) is 62.9 cm³/mol. The van der Waals surface area contributed by atoms with Gasteiger partial charge in [0, 0.05) is 6.54 Å². The fourth-order valence-corrected chi connectivity index (χ4v) is 3.91. The molecule has 4 aliphatic rings. The van der Waals surface area contributed by atoms with E-state index in [-0.39, 0.29) is 0 Å². The maximum atomic E-state index is 3.55. The van der Waals surface area contributed by atoms with E-state index in [0.717, 1.165) is 17.8 Å². The van der Waals surface area contributed by atoms with Crippen LogP contribution < -0.4 is 5.32 Å². The van der Waals surface area contributed by atoms with E-state index in [4.69, 9.17) is 0 Å². The molecule has 4 aliphatic heterocycles. The van der Waals surface area contributed by atoms with Gasteiger partial charge >= 0.3 is 0 Å². The Morgan fingerprint density at radius 1 is 1.13 bits per heavy atom. The lowest BCUT2D eigenvalue weighted by Crippen LogP contribution is -2.48. The smallest absolute Gasteiger partial charge is 0.00124 e. The van der Waals surface area contributed by atoms with E-state index in [0.29, 0.717) is 0 Å². The first-order chi connectivity index (χ1) is 7.42. The first-order valence-electron chi connectivity index (χ1n) is 6.85. The summed E-state index contributed by atoms with van der Waals surface area (Å²) < 4.78 is 0. The quantitative estimate of drug-likeness (QED) is 0.743. The molecular formula is C13H24N2. The lowest BCUT2D eigenvalue weighted by molar-refractivity contribution is 0.0360. The van der Waals surface area contributed by atoms with Crippen LogP contribution in [0, 0.1) is 17.8 Å². The molecular weight excluding hydrogens is 184 g/mol. The largest absolute Gasteiger partial charge is 0.316 e. The molecule has 0 aromatic rings. The Bertz CT molecular complexity index is 203. The van der Waals surface area contributed by atoms with E-state index in [9.17, 15) is 0 Å². The summed E-state index contributed by atoms with van der Waals surface area (Å²) in [6.45, 7) is 6.76. The molecule has 4 saturated heterocycles. The SMILES string of the molecule is C1CNC[C@H](C[C@@H]2CN3CCC2CC3)C1. The Morgan fingerprint density at radius 3 is 2.60 bits per heavy atom. The number of rotatable bonds is 2. The zero-order valence-corrected chi connectivity index (χ0v) is 9.75. The van der Waals surface area contributed by atoms with Crippen molar-refractivity contribution in [2.24, 2.45) is 17.8 Å². The molecule has 2 bridgehead atoms. The van der Waals surface area contributed by atoms with Gasteiger partial charge in [0.15, 0.2) is 0 Å². The van der Waals surface area contributed by atoms with Crippen LogP contribution >= 0.6 is 0 Å². The van der Waals surface area contributed by atoms with Crippen molar-refractivity contribution in [2.75, 3.05) is 32.7 Å². The fourth-order valence-electron chi connectivity index (χ4n) is 3.91. The Balaban J connectivity index is 1.54. The van der Waals surface area contributed by atoms with Crippen LogP contribution in [0.15, 0.2) is 0 Å². The van der Waals surface area contributed by atoms with Crippen LogP contribution in [0.4, 0.5) is 0 Å². The molecule has 0 spiro atoms. The van der Waals surface area contributed by atoms with Gasteiger partial charge in [-0.15, -0.1) is 0 Å². The molecule has 86 valence electrons. The van der Waals surface area contributed by atoms with Gasteiger partial charge in [-0.25, -0.2) is 0 Å². The van der Waals surface area contributed by atoms with Crippen LogP contribution in [-0.2, 0) is 0 Å². The summed E-state index contributed by atoms with van der Waals surface area (Å²) in [4.78, 5) is 2.70. The molecule has 4 rings (SSSR count). The van der Waals surface area contributed by atoms with Gasteiger partial charge < -0.3 is 10.2 Å². The average molecular weight is 208 g/mol. The third-order valence-electron chi connectivity index (χ3n) is 4.83. The molecule has 0 aromatic heterocycles. The lowest BCUT2D eigenvalue weighted by atomic mass is 9.74. The maximum Gasteiger partial charge on any atom is 0.00124 e. The number of piperidine rings is 4. The van der Waals surface area contributed by atoms with Gasteiger partial charge in [-0.1, -0.05) is 0 Å². The zero-order valence-electron chi connectivity index (χ0n) is 9.75. The van der Waals surface area contributed by atoms with Gasteiger partial charge in [-0.2, -0.15) is 0 Å². The molecule has 1 N–H and O–H groups in total. The van der Waals surface area contributed by atoms with Crippen molar-refractivity contribution in [3.05, 3.63) is 0 Å². The molecule has 2 heteroatoms. The minimum absolute atomic E-state index is 0.990. The van der Waals surface area contributed by atoms with Crippen LogP contribution in [0.2, 0.25) is 0 Å². The van der Waals surface area contributed by atoms with Gasteiger partial charge in [0.05, 0.1) is 0 Å². The van der Waals surface area contributed by atoms with Gasteiger partial charge in [-0.3, -0.25) is 0 Å². The number of nitrogens with one attached hydrogen (secondary N) is 1. The first-order valence-corrected chi connectivity index (χ1v) is 6.85. The van der Waals surface area contributed by atoms with E-state index in [1.165, 1.54) is 64.8 Å². The molecule has 15 heavy (non-hydrogen) atoms. The summed E-state index contributed by atoms with van der Waals surface area (Å²) in [5, 5.41) is 3.55. The van der Waals surface area contributed by atoms with Crippen molar-refractivity contribution in [2.45, 2.75) is 32.1 Å². The van der Waals surface area contributed by atoms with Gasteiger partial charge in [0.1, 0.15) is 0 Å². The van der Waals surface area contributed by atoms with Gasteiger partial charge in [0.2, 0.25) is 0 Å². The van der Waals surface area contributed by atoms with Gasteiger partial charge in [-0.05, 0) is 76.0 Å². The molecule has 0 aliphatic carbocycles. The van der Waals surface area contributed by atoms with Crippen molar-refractivity contribution in [1.29, 1.82) is 0 Å². The molecule has 4 fully saturated rings. The van der Waals surface area contributed by atoms with E-state index in [1.54, 1.807) is 0 Å². The third-order valence-corrected chi connectivity index (χ3v) is 4.83. The molecule has 0 amide bonds. The van der Waals surface area contributed by atoms with Crippen LogP contribution in [0.5, 0.6) is 0 Å². The van der Waals surface area contributed by atoms with Gasteiger partial charge in [0.25, 0.3) is 0 Å². The van der Waals surface area contributed by atoms with Crippen LogP contribution in [0.1, 0.15) is 32.1 Å². The predicted octanol–water partition coefficient (Wildman–Crippen LogP) is 1.72. The van der Waals surface area contributed by atoms with E-state index >= 15 is 0 Å². The summed E-state index contributed by atoms with van der Waals surface area (Å²) in [6.07, 6.45) is 7.38. The van der Waals surface area contributed by atoms with Crippen molar-refractivity contribution < 1.29 is 0 Å². The topological polar surface area (TPSA) is 15.3 Å². The third kappa shape index (κ3) is 2.21.